The third kappa shape index (κ3) is 17.5. The summed E-state index contributed by atoms with van der Waals surface area (Å²) < 4.78 is 10.1. The smallest absolute Gasteiger partial charge is 0.146 e. The van der Waals surface area contributed by atoms with E-state index in [0.717, 1.165) is 25.9 Å². The summed E-state index contributed by atoms with van der Waals surface area (Å²) in [7, 11) is 1.66. The van der Waals surface area contributed by atoms with Crippen molar-refractivity contribution in [2.24, 2.45) is 0 Å². The molecule has 118 valence electrons. The molecule has 0 N–H and O–H groups in total. The summed E-state index contributed by atoms with van der Waals surface area (Å²) in [6, 6.07) is 0. The van der Waals surface area contributed by atoms with Gasteiger partial charge in [-0.2, -0.15) is 0 Å². The molecule has 0 rings (SSSR count). The van der Waals surface area contributed by atoms with Crippen molar-refractivity contribution < 1.29 is 9.47 Å². The van der Waals surface area contributed by atoms with Crippen molar-refractivity contribution in [3.63, 3.8) is 0 Å². The minimum atomic E-state index is 0.432. The molecule has 0 aliphatic heterocycles. The third-order valence-corrected chi connectivity index (χ3v) is 3.32. The molecule has 0 unspecified atom stereocenters. The molecule has 0 bridgehead atoms. The molecular formula is C18H34O2. The van der Waals surface area contributed by atoms with Crippen molar-refractivity contribution >= 4 is 0 Å². The Morgan fingerprint density at radius 3 is 1.85 bits per heavy atom. The lowest BCUT2D eigenvalue weighted by atomic mass is 10.1. The molecule has 0 amide bonds. The van der Waals surface area contributed by atoms with Gasteiger partial charge in [-0.1, -0.05) is 51.9 Å². The molecule has 0 aromatic rings. The van der Waals surface area contributed by atoms with Crippen LogP contribution in [0.25, 0.3) is 0 Å². The van der Waals surface area contributed by atoms with Crippen LogP contribution >= 0.6 is 0 Å². The number of hydrogen-bond acceptors (Lipinski definition) is 2. The first-order chi connectivity index (χ1) is 9.91. The second-order valence-electron chi connectivity index (χ2n) is 5.35. The van der Waals surface area contributed by atoms with Gasteiger partial charge < -0.3 is 9.47 Å². The number of ether oxygens (including phenoxy) is 2. The maximum Gasteiger partial charge on any atom is 0.146 e. The second kappa shape index (κ2) is 18.5. The summed E-state index contributed by atoms with van der Waals surface area (Å²) in [6.07, 6.45) is 15.2. The average Bonchev–Trinajstić information content (AvgIpc) is 2.47. The molecule has 0 spiro atoms. The molecule has 0 aromatic carbocycles. The zero-order valence-corrected chi connectivity index (χ0v) is 13.7. The number of unbranched alkanes of at least 4 members (excludes halogenated alkanes) is 10. The lowest BCUT2D eigenvalue weighted by molar-refractivity contribution is -0.0315. The van der Waals surface area contributed by atoms with Crippen molar-refractivity contribution in [1.29, 1.82) is 0 Å². The number of rotatable bonds is 14. The first-order valence-electron chi connectivity index (χ1n) is 8.44. The van der Waals surface area contributed by atoms with Crippen LogP contribution in [0.4, 0.5) is 0 Å². The van der Waals surface area contributed by atoms with Gasteiger partial charge in [0.1, 0.15) is 6.79 Å². The molecule has 0 aromatic heterocycles. The van der Waals surface area contributed by atoms with E-state index in [-0.39, 0.29) is 0 Å². The van der Waals surface area contributed by atoms with E-state index in [1.165, 1.54) is 57.8 Å². The van der Waals surface area contributed by atoms with Gasteiger partial charge in [-0.15, -0.1) is 11.8 Å². The Morgan fingerprint density at radius 2 is 1.25 bits per heavy atom. The van der Waals surface area contributed by atoms with Crippen molar-refractivity contribution in [1.82, 2.24) is 0 Å². The molecule has 0 saturated heterocycles. The monoisotopic (exact) mass is 282 g/mol. The highest BCUT2D eigenvalue weighted by atomic mass is 16.7. The van der Waals surface area contributed by atoms with Gasteiger partial charge in [-0.25, -0.2) is 0 Å². The maximum absolute atomic E-state index is 5.25. The topological polar surface area (TPSA) is 18.5 Å². The summed E-state index contributed by atoms with van der Waals surface area (Å²) in [5.41, 5.74) is 0. The molecule has 0 aliphatic carbocycles. The fourth-order valence-corrected chi connectivity index (χ4v) is 2.06. The van der Waals surface area contributed by atoms with E-state index in [0.29, 0.717) is 6.79 Å². The van der Waals surface area contributed by atoms with Crippen LogP contribution in [0, 0.1) is 11.8 Å². The molecule has 2 nitrogen and oxygen atoms in total. The molecule has 0 heterocycles. The fourth-order valence-electron chi connectivity index (χ4n) is 2.06. The minimum Gasteiger partial charge on any atom is -0.359 e. The van der Waals surface area contributed by atoms with E-state index in [1.54, 1.807) is 7.11 Å². The summed E-state index contributed by atoms with van der Waals surface area (Å²) >= 11 is 0. The number of methoxy groups -OCH3 is 1. The summed E-state index contributed by atoms with van der Waals surface area (Å²) in [5, 5.41) is 0. The highest BCUT2D eigenvalue weighted by molar-refractivity contribution is 4.98. The summed E-state index contributed by atoms with van der Waals surface area (Å²) in [6.45, 7) is 3.49. The first-order valence-corrected chi connectivity index (χ1v) is 8.44. The van der Waals surface area contributed by atoms with Crippen LogP contribution in [0.3, 0.4) is 0 Å². The SMILES string of the molecule is CCCCC#CCCCCCCCCCCOCOC. The van der Waals surface area contributed by atoms with Crippen LogP contribution in [0.1, 0.15) is 84.0 Å². The van der Waals surface area contributed by atoms with E-state index in [9.17, 15) is 0 Å². The molecule has 0 atom stereocenters. The zero-order valence-electron chi connectivity index (χ0n) is 13.7. The lowest BCUT2D eigenvalue weighted by Gasteiger charge is -2.03. The van der Waals surface area contributed by atoms with Gasteiger partial charge in [0.25, 0.3) is 0 Å². The van der Waals surface area contributed by atoms with E-state index in [1.807, 2.05) is 0 Å². The van der Waals surface area contributed by atoms with Crippen molar-refractivity contribution in [3.8, 4) is 11.8 Å². The van der Waals surface area contributed by atoms with Gasteiger partial charge >= 0.3 is 0 Å². The van der Waals surface area contributed by atoms with E-state index >= 15 is 0 Å². The Labute approximate surface area is 126 Å². The van der Waals surface area contributed by atoms with Gasteiger partial charge in [-0.3, -0.25) is 0 Å². The van der Waals surface area contributed by atoms with Gasteiger partial charge in [0.2, 0.25) is 0 Å². The largest absolute Gasteiger partial charge is 0.359 e. The molecule has 0 aliphatic rings. The molecule has 0 fully saturated rings. The van der Waals surface area contributed by atoms with Gasteiger partial charge in [-0.05, 0) is 19.3 Å². The van der Waals surface area contributed by atoms with Gasteiger partial charge in [0.05, 0.1) is 0 Å². The zero-order chi connectivity index (χ0) is 14.7. The first kappa shape index (κ1) is 19.5. The van der Waals surface area contributed by atoms with Crippen molar-refractivity contribution in [2.75, 3.05) is 20.5 Å². The van der Waals surface area contributed by atoms with Crippen LogP contribution in [0.15, 0.2) is 0 Å². The molecular weight excluding hydrogens is 248 g/mol. The van der Waals surface area contributed by atoms with Crippen LogP contribution in [-0.2, 0) is 9.47 Å². The Kier molecular flexibility index (Phi) is 18.0. The maximum atomic E-state index is 5.25. The highest BCUT2D eigenvalue weighted by Gasteiger charge is 1.92. The Hall–Kier alpha value is -0.520. The standard InChI is InChI=1S/C18H34O2/c1-3-4-5-6-7-8-9-10-11-12-13-14-15-16-17-20-18-19-2/h3-5,8-18H2,1-2H3. The fraction of sp³-hybridized carbons (Fsp3) is 0.889. The third-order valence-electron chi connectivity index (χ3n) is 3.32. The Morgan fingerprint density at radius 1 is 0.700 bits per heavy atom. The predicted octanol–water partition coefficient (Wildman–Crippen LogP) is 5.31. The summed E-state index contributed by atoms with van der Waals surface area (Å²) in [4.78, 5) is 0. The molecule has 20 heavy (non-hydrogen) atoms. The van der Waals surface area contributed by atoms with Gasteiger partial charge in [0.15, 0.2) is 0 Å². The van der Waals surface area contributed by atoms with E-state index in [4.69, 9.17) is 9.47 Å². The molecule has 0 saturated carbocycles. The number of hydrogen-bond donors (Lipinski definition) is 0. The van der Waals surface area contributed by atoms with E-state index in [2.05, 4.69) is 18.8 Å². The Balaban J connectivity index is 3.00. The van der Waals surface area contributed by atoms with Crippen LogP contribution < -0.4 is 0 Å². The molecule has 0 radical (unpaired) electrons. The van der Waals surface area contributed by atoms with E-state index < -0.39 is 0 Å². The summed E-state index contributed by atoms with van der Waals surface area (Å²) in [5.74, 6) is 6.54. The van der Waals surface area contributed by atoms with Crippen LogP contribution in [0.2, 0.25) is 0 Å². The normalized spacial score (nSPS) is 10.3. The quantitative estimate of drug-likeness (QED) is 0.244. The minimum absolute atomic E-state index is 0.432. The van der Waals surface area contributed by atoms with Crippen LogP contribution in [0.5, 0.6) is 0 Å². The Bertz CT molecular complexity index is 227. The predicted molar refractivity (Wildman–Crippen MR) is 86.7 cm³/mol. The lowest BCUT2D eigenvalue weighted by Crippen LogP contribution is -1.98. The van der Waals surface area contributed by atoms with Crippen molar-refractivity contribution in [2.45, 2.75) is 84.0 Å². The average molecular weight is 282 g/mol. The molecule has 2 heteroatoms. The highest BCUT2D eigenvalue weighted by Crippen LogP contribution is 2.09. The second-order valence-corrected chi connectivity index (χ2v) is 5.35. The van der Waals surface area contributed by atoms with Crippen LogP contribution in [-0.4, -0.2) is 20.5 Å². The van der Waals surface area contributed by atoms with Crippen molar-refractivity contribution in [3.05, 3.63) is 0 Å². The van der Waals surface area contributed by atoms with Gasteiger partial charge in [0, 0.05) is 26.6 Å².